The van der Waals surface area contributed by atoms with Crippen LogP contribution in [0.2, 0.25) is 0 Å². The molecule has 5 nitrogen and oxygen atoms in total. The number of nitrogen functional groups attached to an aromatic ring is 1. The van der Waals surface area contributed by atoms with Crippen molar-refractivity contribution < 1.29 is 4.79 Å². The van der Waals surface area contributed by atoms with Crippen LogP contribution in [0.4, 0.5) is 5.95 Å². The quantitative estimate of drug-likeness (QED) is 0.841. The Kier molecular flexibility index (Phi) is 4.41. The normalized spacial score (nSPS) is 19.0. The summed E-state index contributed by atoms with van der Waals surface area (Å²) in [4.78, 5) is 21.2. The molecule has 3 rings (SSSR count). The molecule has 0 saturated carbocycles. The van der Waals surface area contributed by atoms with Gasteiger partial charge in [-0.15, -0.1) is 0 Å². The van der Waals surface area contributed by atoms with E-state index >= 15 is 0 Å². The lowest BCUT2D eigenvalue weighted by molar-refractivity contribution is 0.0938. The van der Waals surface area contributed by atoms with Crippen LogP contribution in [0.15, 0.2) is 11.6 Å². The number of hydrogen-bond acceptors (Lipinski definition) is 4. The maximum atomic E-state index is 12.6. The van der Waals surface area contributed by atoms with Gasteiger partial charge in [-0.05, 0) is 58.3 Å². The highest BCUT2D eigenvalue weighted by molar-refractivity contribution is 5.94. The highest BCUT2D eigenvalue weighted by Crippen LogP contribution is 2.24. The monoisotopic (exact) mass is 300 g/mol. The summed E-state index contributed by atoms with van der Waals surface area (Å²) in [7, 11) is 0. The first kappa shape index (κ1) is 15.0. The van der Waals surface area contributed by atoms with E-state index in [2.05, 4.69) is 21.4 Å². The molecule has 0 bridgehead atoms. The average molecular weight is 300 g/mol. The van der Waals surface area contributed by atoms with E-state index in [0.29, 0.717) is 5.69 Å². The summed E-state index contributed by atoms with van der Waals surface area (Å²) in [6, 6.07) is 0.0585. The number of nitrogens with zero attached hydrogens (tertiary/aromatic N) is 2. The molecule has 2 aliphatic rings. The number of rotatable bonds is 3. The first-order valence-corrected chi connectivity index (χ1v) is 8.30. The van der Waals surface area contributed by atoms with Crippen molar-refractivity contribution in [3.63, 3.8) is 0 Å². The number of aryl methyl sites for hydroxylation is 1. The van der Waals surface area contributed by atoms with E-state index in [4.69, 9.17) is 5.73 Å². The van der Waals surface area contributed by atoms with Crippen LogP contribution in [0.3, 0.4) is 0 Å². The second-order valence-electron chi connectivity index (χ2n) is 6.28. The van der Waals surface area contributed by atoms with E-state index < -0.39 is 0 Å². The van der Waals surface area contributed by atoms with Crippen molar-refractivity contribution in [3.8, 4) is 0 Å². The van der Waals surface area contributed by atoms with Crippen LogP contribution in [-0.4, -0.2) is 21.9 Å². The van der Waals surface area contributed by atoms with Gasteiger partial charge in [-0.2, -0.15) is 0 Å². The number of aromatic nitrogens is 2. The van der Waals surface area contributed by atoms with Crippen molar-refractivity contribution in [1.82, 2.24) is 15.3 Å². The van der Waals surface area contributed by atoms with Gasteiger partial charge >= 0.3 is 0 Å². The number of hydrogen-bond donors (Lipinski definition) is 2. The Bertz CT molecular complexity index is 609. The van der Waals surface area contributed by atoms with Gasteiger partial charge in [0.1, 0.15) is 5.69 Å². The third-order valence-corrected chi connectivity index (χ3v) is 4.65. The molecule has 0 spiro atoms. The zero-order valence-corrected chi connectivity index (χ0v) is 13.2. The van der Waals surface area contributed by atoms with Crippen molar-refractivity contribution in [3.05, 3.63) is 28.6 Å². The van der Waals surface area contributed by atoms with E-state index in [-0.39, 0.29) is 17.9 Å². The van der Waals surface area contributed by atoms with E-state index in [1.165, 1.54) is 18.4 Å². The molecule has 22 heavy (non-hydrogen) atoms. The molecule has 1 aromatic heterocycles. The van der Waals surface area contributed by atoms with E-state index in [1.54, 1.807) is 0 Å². The Morgan fingerprint density at radius 2 is 1.95 bits per heavy atom. The van der Waals surface area contributed by atoms with Crippen LogP contribution in [0, 0.1) is 0 Å². The lowest BCUT2D eigenvalue weighted by Gasteiger charge is -2.22. The Labute approximate surface area is 131 Å². The number of nitrogens with two attached hydrogens (primary N) is 1. The minimum absolute atomic E-state index is 0.0585. The van der Waals surface area contributed by atoms with Crippen LogP contribution in [0.1, 0.15) is 67.2 Å². The molecule has 2 aliphatic carbocycles. The summed E-state index contributed by atoms with van der Waals surface area (Å²) in [5.41, 5.74) is 9.53. The lowest BCUT2D eigenvalue weighted by atomic mass is 9.93. The molecule has 0 saturated heterocycles. The number of amides is 1. The number of anilines is 1. The Morgan fingerprint density at radius 1 is 1.18 bits per heavy atom. The zero-order chi connectivity index (χ0) is 15.5. The van der Waals surface area contributed by atoms with Gasteiger partial charge in [-0.3, -0.25) is 4.79 Å². The summed E-state index contributed by atoms with van der Waals surface area (Å²) in [6.45, 7) is 2.05. The topological polar surface area (TPSA) is 80.9 Å². The summed E-state index contributed by atoms with van der Waals surface area (Å²) in [5.74, 6) is 0.0848. The fraction of sp³-hybridized carbons (Fsp3) is 0.588. The fourth-order valence-electron chi connectivity index (χ4n) is 3.41. The first-order valence-electron chi connectivity index (χ1n) is 8.30. The first-order chi connectivity index (χ1) is 10.6. The minimum atomic E-state index is -0.119. The second-order valence-corrected chi connectivity index (χ2v) is 6.28. The second kappa shape index (κ2) is 6.46. The number of nitrogens with one attached hydrogen (secondary N) is 1. The molecule has 0 fully saturated rings. The predicted molar refractivity (Wildman–Crippen MR) is 86.6 cm³/mol. The number of carbonyl (C=O) groups is 1. The number of allylic oxidation sites excluding steroid dienone is 1. The molecule has 0 radical (unpaired) electrons. The zero-order valence-electron chi connectivity index (χ0n) is 13.2. The Hall–Kier alpha value is -1.91. The number of fused-ring (bicyclic) bond motifs is 1. The maximum absolute atomic E-state index is 12.6. The Balaban J connectivity index is 1.80. The molecule has 3 N–H and O–H groups in total. The summed E-state index contributed by atoms with van der Waals surface area (Å²) < 4.78 is 0. The highest BCUT2D eigenvalue weighted by Gasteiger charge is 2.23. The van der Waals surface area contributed by atoms with Crippen LogP contribution in [0.5, 0.6) is 0 Å². The van der Waals surface area contributed by atoms with Crippen LogP contribution < -0.4 is 11.1 Å². The lowest BCUT2D eigenvalue weighted by Crippen LogP contribution is -2.36. The smallest absolute Gasteiger partial charge is 0.270 e. The molecule has 0 aromatic carbocycles. The molecule has 5 heteroatoms. The predicted octanol–water partition coefficient (Wildman–Crippen LogP) is 2.56. The molecule has 118 valence electrons. The van der Waals surface area contributed by atoms with Gasteiger partial charge in [-0.1, -0.05) is 11.6 Å². The van der Waals surface area contributed by atoms with Gasteiger partial charge in [0.25, 0.3) is 5.91 Å². The largest absolute Gasteiger partial charge is 0.368 e. The number of carbonyl (C=O) groups excluding carboxylic acids is 1. The molecule has 0 aliphatic heterocycles. The molecule has 1 unspecified atom stereocenters. The Morgan fingerprint density at radius 3 is 2.73 bits per heavy atom. The van der Waals surface area contributed by atoms with Gasteiger partial charge in [0, 0.05) is 17.3 Å². The molecule has 1 heterocycles. The summed E-state index contributed by atoms with van der Waals surface area (Å²) in [6.07, 6.45) is 10.9. The van der Waals surface area contributed by atoms with Crippen molar-refractivity contribution in [2.45, 2.75) is 64.3 Å². The molecule has 1 aromatic rings. The van der Waals surface area contributed by atoms with Gasteiger partial charge in [0.05, 0.1) is 0 Å². The van der Waals surface area contributed by atoms with Crippen LogP contribution in [0.25, 0.3) is 0 Å². The van der Waals surface area contributed by atoms with E-state index in [9.17, 15) is 4.79 Å². The van der Waals surface area contributed by atoms with Crippen LogP contribution in [-0.2, 0) is 12.8 Å². The van der Waals surface area contributed by atoms with Crippen molar-refractivity contribution in [1.29, 1.82) is 0 Å². The standard InChI is InChI=1S/C17H24N4O/c1-11(12-7-3-2-4-8-12)19-16(22)15-13-9-5-6-10-14(13)20-17(18)21-15/h7,11H,2-6,8-10H2,1H3,(H,19,22)(H2,18,20,21). The third-order valence-electron chi connectivity index (χ3n) is 4.65. The van der Waals surface area contributed by atoms with E-state index in [1.807, 2.05) is 6.92 Å². The third kappa shape index (κ3) is 3.13. The molecular formula is C17H24N4O. The fourth-order valence-corrected chi connectivity index (χ4v) is 3.41. The minimum Gasteiger partial charge on any atom is -0.368 e. The van der Waals surface area contributed by atoms with Crippen LogP contribution >= 0.6 is 0 Å². The molecule has 1 atom stereocenters. The van der Waals surface area contributed by atoms with Gasteiger partial charge in [-0.25, -0.2) is 9.97 Å². The average Bonchev–Trinajstić information content (AvgIpc) is 2.54. The summed E-state index contributed by atoms with van der Waals surface area (Å²) in [5, 5.41) is 3.09. The van der Waals surface area contributed by atoms with Crippen molar-refractivity contribution in [2.24, 2.45) is 0 Å². The highest BCUT2D eigenvalue weighted by atomic mass is 16.1. The van der Waals surface area contributed by atoms with Crippen molar-refractivity contribution in [2.75, 3.05) is 5.73 Å². The van der Waals surface area contributed by atoms with Gasteiger partial charge in [0.2, 0.25) is 5.95 Å². The molecular weight excluding hydrogens is 276 g/mol. The van der Waals surface area contributed by atoms with Gasteiger partial charge < -0.3 is 11.1 Å². The van der Waals surface area contributed by atoms with Crippen molar-refractivity contribution >= 4 is 11.9 Å². The SMILES string of the molecule is CC(NC(=O)c1nc(N)nc2c1CCCC2)C1=CCCCC1. The maximum Gasteiger partial charge on any atom is 0.270 e. The molecule has 1 amide bonds. The van der Waals surface area contributed by atoms with E-state index in [0.717, 1.165) is 49.8 Å². The summed E-state index contributed by atoms with van der Waals surface area (Å²) >= 11 is 0. The van der Waals surface area contributed by atoms with Gasteiger partial charge in [0.15, 0.2) is 0 Å².